The highest BCUT2D eigenvalue weighted by Crippen LogP contribution is 2.07. The smallest absolute Gasteiger partial charge is 0.116 e. The summed E-state index contributed by atoms with van der Waals surface area (Å²) in [5.41, 5.74) is 0. The summed E-state index contributed by atoms with van der Waals surface area (Å²) in [6.45, 7) is 9.37. The monoisotopic (exact) mass is 250 g/mol. The van der Waals surface area contributed by atoms with Crippen molar-refractivity contribution in [2.75, 3.05) is 27.4 Å². The molecule has 1 atom stereocenters. The van der Waals surface area contributed by atoms with Gasteiger partial charge in [0.05, 0.1) is 12.9 Å². The molecule has 0 aromatic rings. The fraction of sp³-hybridized carbons (Fsp3) is 0.846. The molecule has 1 rings (SSSR count). The van der Waals surface area contributed by atoms with Crippen molar-refractivity contribution in [3.05, 3.63) is 12.8 Å². The molecule has 0 aromatic heterocycles. The van der Waals surface area contributed by atoms with Crippen molar-refractivity contribution in [2.45, 2.75) is 45.6 Å². The maximum atomic E-state index is 7.00. The van der Waals surface area contributed by atoms with Crippen molar-refractivity contribution in [3.8, 4) is 0 Å². The van der Waals surface area contributed by atoms with Gasteiger partial charge in [-0.05, 0) is 0 Å². The van der Waals surface area contributed by atoms with Crippen LogP contribution in [0.2, 0.25) is 0 Å². The standard InChI is InChI=1S/C6H14.C5H8O2.2CH4O/c1-3-5-6-4-2;1-2-6-3-5-4-7-5;2*1-2/h3-6H2,1-2H3;2,5H,1,3-4H2;2*2H,1H3. The molecule has 1 aliphatic rings. The summed E-state index contributed by atoms with van der Waals surface area (Å²) in [4.78, 5) is 0. The fourth-order valence-corrected chi connectivity index (χ4v) is 0.840. The average Bonchev–Trinajstić information content (AvgIpc) is 3.23. The molecule has 0 saturated carbocycles. The molecular weight excluding hydrogens is 220 g/mol. The summed E-state index contributed by atoms with van der Waals surface area (Å²) in [5, 5.41) is 14.0. The molecule has 0 amide bonds. The molecule has 1 unspecified atom stereocenters. The lowest BCUT2D eigenvalue weighted by molar-refractivity contribution is 0.213. The predicted molar refractivity (Wildman–Crippen MR) is 72.0 cm³/mol. The largest absolute Gasteiger partial charge is 0.499 e. The Morgan fingerprint density at radius 2 is 1.59 bits per heavy atom. The minimum absolute atomic E-state index is 0.359. The first-order valence-corrected chi connectivity index (χ1v) is 6.08. The van der Waals surface area contributed by atoms with Gasteiger partial charge < -0.3 is 19.7 Å². The van der Waals surface area contributed by atoms with Gasteiger partial charge >= 0.3 is 0 Å². The molecule has 0 radical (unpaired) electrons. The third-order valence-electron chi connectivity index (χ3n) is 1.76. The number of unbranched alkanes of at least 4 members (excludes halogenated alkanes) is 3. The quantitative estimate of drug-likeness (QED) is 0.431. The molecule has 4 nitrogen and oxygen atoms in total. The van der Waals surface area contributed by atoms with Crippen molar-refractivity contribution >= 4 is 0 Å². The fourth-order valence-electron chi connectivity index (χ4n) is 0.840. The second-order valence-corrected chi connectivity index (χ2v) is 3.16. The maximum absolute atomic E-state index is 7.00. The van der Waals surface area contributed by atoms with Gasteiger partial charge in [-0.2, -0.15) is 0 Å². The van der Waals surface area contributed by atoms with E-state index in [1.807, 2.05) is 0 Å². The van der Waals surface area contributed by atoms with Crippen molar-refractivity contribution in [3.63, 3.8) is 0 Å². The molecule has 0 spiro atoms. The first kappa shape index (κ1) is 21.7. The zero-order valence-corrected chi connectivity index (χ0v) is 11.8. The molecule has 1 heterocycles. The molecule has 17 heavy (non-hydrogen) atoms. The second kappa shape index (κ2) is 24.6. The molecule has 1 fully saturated rings. The predicted octanol–water partition coefficient (Wildman–Crippen LogP) is 2.35. The first-order valence-electron chi connectivity index (χ1n) is 6.08. The van der Waals surface area contributed by atoms with Crippen LogP contribution in [-0.2, 0) is 9.47 Å². The van der Waals surface area contributed by atoms with E-state index in [9.17, 15) is 0 Å². The second-order valence-electron chi connectivity index (χ2n) is 3.16. The van der Waals surface area contributed by atoms with Gasteiger partial charge in [0.2, 0.25) is 0 Å². The summed E-state index contributed by atoms with van der Waals surface area (Å²) >= 11 is 0. The van der Waals surface area contributed by atoms with E-state index >= 15 is 0 Å². The highest BCUT2D eigenvalue weighted by molar-refractivity contribution is 4.68. The van der Waals surface area contributed by atoms with Gasteiger partial charge in [-0.3, -0.25) is 0 Å². The van der Waals surface area contributed by atoms with Crippen LogP contribution >= 0.6 is 0 Å². The zero-order valence-electron chi connectivity index (χ0n) is 11.8. The third-order valence-corrected chi connectivity index (χ3v) is 1.76. The highest BCUT2D eigenvalue weighted by atomic mass is 16.6. The molecule has 106 valence electrons. The van der Waals surface area contributed by atoms with Crippen LogP contribution in [0.4, 0.5) is 0 Å². The highest BCUT2D eigenvalue weighted by Gasteiger charge is 2.21. The molecule has 2 N–H and O–H groups in total. The van der Waals surface area contributed by atoms with E-state index in [-0.39, 0.29) is 0 Å². The number of aliphatic hydroxyl groups is 2. The molecule has 0 bridgehead atoms. The number of ether oxygens (including phenoxy) is 2. The van der Waals surface area contributed by atoms with Crippen LogP contribution in [0, 0.1) is 0 Å². The normalized spacial score (nSPS) is 14.8. The first-order chi connectivity index (χ1) is 8.35. The number of aliphatic hydroxyl groups excluding tert-OH is 2. The van der Waals surface area contributed by atoms with Gasteiger partial charge in [-0.25, -0.2) is 0 Å². The summed E-state index contributed by atoms with van der Waals surface area (Å²) in [7, 11) is 2.00. The van der Waals surface area contributed by atoms with Gasteiger partial charge in [0.15, 0.2) is 0 Å². The Hall–Kier alpha value is -0.580. The summed E-state index contributed by atoms with van der Waals surface area (Å²) in [5.74, 6) is 0. The van der Waals surface area contributed by atoms with Gasteiger partial charge in [0.25, 0.3) is 0 Å². The van der Waals surface area contributed by atoms with Crippen LogP contribution in [0.5, 0.6) is 0 Å². The van der Waals surface area contributed by atoms with Crippen molar-refractivity contribution in [1.29, 1.82) is 0 Å². The van der Waals surface area contributed by atoms with E-state index in [1.54, 1.807) is 0 Å². The SMILES string of the molecule is C=COCC1CO1.CCCCCC.CO.CO. The number of hydrogen-bond donors (Lipinski definition) is 2. The summed E-state index contributed by atoms with van der Waals surface area (Å²) in [6, 6.07) is 0. The average molecular weight is 250 g/mol. The van der Waals surface area contributed by atoms with Crippen LogP contribution in [0.15, 0.2) is 12.8 Å². The Bertz CT molecular complexity index is 110. The number of epoxide rings is 1. The minimum atomic E-state index is 0.359. The van der Waals surface area contributed by atoms with E-state index in [0.717, 1.165) is 20.8 Å². The number of hydrogen-bond acceptors (Lipinski definition) is 4. The molecule has 1 saturated heterocycles. The van der Waals surface area contributed by atoms with Crippen LogP contribution in [0.1, 0.15) is 39.5 Å². The van der Waals surface area contributed by atoms with Gasteiger partial charge in [-0.1, -0.05) is 46.1 Å². The van der Waals surface area contributed by atoms with E-state index in [4.69, 9.17) is 19.7 Å². The molecule has 0 aliphatic carbocycles. The van der Waals surface area contributed by atoms with E-state index < -0.39 is 0 Å². The van der Waals surface area contributed by atoms with Crippen molar-refractivity contribution in [1.82, 2.24) is 0 Å². The Kier molecular flexibility index (Phi) is 31.4. The van der Waals surface area contributed by atoms with E-state index in [2.05, 4.69) is 20.4 Å². The van der Waals surface area contributed by atoms with Gasteiger partial charge in [-0.15, -0.1) is 0 Å². The van der Waals surface area contributed by atoms with Crippen molar-refractivity contribution < 1.29 is 19.7 Å². The maximum Gasteiger partial charge on any atom is 0.116 e. The summed E-state index contributed by atoms with van der Waals surface area (Å²) in [6.07, 6.45) is 7.33. The van der Waals surface area contributed by atoms with Crippen molar-refractivity contribution in [2.24, 2.45) is 0 Å². The third kappa shape index (κ3) is 31.3. The lowest BCUT2D eigenvalue weighted by atomic mass is 10.2. The lowest BCUT2D eigenvalue weighted by Crippen LogP contribution is -1.94. The Morgan fingerprint density at radius 3 is 1.82 bits per heavy atom. The van der Waals surface area contributed by atoms with E-state index in [1.165, 1.54) is 31.9 Å². The lowest BCUT2D eigenvalue weighted by Gasteiger charge is -1.90. The molecule has 4 heteroatoms. The molecule has 1 aliphatic heterocycles. The van der Waals surface area contributed by atoms with Crippen LogP contribution in [0.25, 0.3) is 0 Å². The van der Waals surface area contributed by atoms with Crippen LogP contribution in [0.3, 0.4) is 0 Å². The molecular formula is C13H30O4. The Balaban J connectivity index is -0.000000180. The van der Waals surface area contributed by atoms with Crippen LogP contribution < -0.4 is 0 Å². The topological polar surface area (TPSA) is 62.2 Å². The van der Waals surface area contributed by atoms with Gasteiger partial charge in [0.1, 0.15) is 12.7 Å². The minimum Gasteiger partial charge on any atom is -0.499 e. The van der Waals surface area contributed by atoms with E-state index in [0.29, 0.717) is 12.7 Å². The Labute approximate surface area is 106 Å². The number of rotatable bonds is 6. The zero-order chi connectivity index (χ0) is 13.9. The summed E-state index contributed by atoms with van der Waals surface area (Å²) < 4.78 is 9.63. The Morgan fingerprint density at radius 1 is 1.18 bits per heavy atom. The van der Waals surface area contributed by atoms with Gasteiger partial charge in [0, 0.05) is 14.2 Å². The van der Waals surface area contributed by atoms with Crippen LogP contribution in [-0.4, -0.2) is 43.8 Å². The molecule has 0 aromatic carbocycles.